The van der Waals surface area contributed by atoms with Crippen LogP contribution in [0.25, 0.3) is 10.9 Å². The molecule has 1 unspecified atom stereocenters. The molecule has 1 atom stereocenters. The third-order valence-corrected chi connectivity index (χ3v) is 5.46. The highest BCUT2D eigenvalue weighted by atomic mass is 19.4. The number of carbonyl (C=O) groups is 1. The van der Waals surface area contributed by atoms with Crippen molar-refractivity contribution in [1.29, 1.82) is 0 Å². The largest absolute Gasteiger partial charge is 0.433 e. The number of alkyl halides is 3. The zero-order valence-corrected chi connectivity index (χ0v) is 16.3. The normalized spacial score (nSPS) is 17.3. The Balaban J connectivity index is 1.63. The second-order valence-corrected chi connectivity index (χ2v) is 7.64. The predicted octanol–water partition coefficient (Wildman–Crippen LogP) is 4.27. The number of aromatic nitrogens is 2. The predicted molar refractivity (Wildman–Crippen MR) is 106 cm³/mol. The number of pyridine rings is 2. The molecule has 3 heterocycles. The van der Waals surface area contributed by atoms with Gasteiger partial charge in [-0.3, -0.25) is 9.59 Å². The summed E-state index contributed by atoms with van der Waals surface area (Å²) in [5.41, 5.74) is 0.635. The van der Waals surface area contributed by atoms with Gasteiger partial charge in [0.25, 0.3) is 11.5 Å². The van der Waals surface area contributed by atoms with E-state index in [1.807, 2.05) is 19.1 Å². The van der Waals surface area contributed by atoms with Gasteiger partial charge in [-0.05, 0) is 50.1 Å². The number of amides is 1. The van der Waals surface area contributed by atoms with E-state index in [-0.39, 0.29) is 22.7 Å². The van der Waals surface area contributed by atoms with Gasteiger partial charge in [0.1, 0.15) is 5.69 Å². The van der Waals surface area contributed by atoms with E-state index in [4.69, 9.17) is 0 Å². The second kappa shape index (κ2) is 7.59. The minimum Gasteiger partial charge on any atom is -0.338 e. The monoisotopic (exact) mass is 415 g/mol. The molecule has 1 saturated heterocycles. The number of halogens is 3. The van der Waals surface area contributed by atoms with E-state index in [2.05, 4.69) is 9.97 Å². The summed E-state index contributed by atoms with van der Waals surface area (Å²) in [6.45, 7) is 2.92. The fraction of sp³-hybridized carbons (Fsp3) is 0.318. The molecule has 1 fully saturated rings. The summed E-state index contributed by atoms with van der Waals surface area (Å²) >= 11 is 0. The van der Waals surface area contributed by atoms with Gasteiger partial charge < -0.3 is 9.88 Å². The quantitative estimate of drug-likeness (QED) is 0.680. The van der Waals surface area contributed by atoms with Crippen LogP contribution in [-0.2, 0) is 6.18 Å². The van der Waals surface area contributed by atoms with Gasteiger partial charge in [0, 0.05) is 30.3 Å². The third kappa shape index (κ3) is 3.94. The Morgan fingerprint density at radius 1 is 1.17 bits per heavy atom. The highest BCUT2D eigenvalue weighted by Crippen LogP contribution is 2.30. The number of rotatable bonds is 2. The molecule has 1 aliphatic rings. The van der Waals surface area contributed by atoms with E-state index in [1.54, 1.807) is 17.0 Å². The Labute approximate surface area is 170 Å². The van der Waals surface area contributed by atoms with Gasteiger partial charge >= 0.3 is 6.18 Å². The lowest BCUT2D eigenvalue weighted by molar-refractivity contribution is -0.140. The maximum absolute atomic E-state index is 13.0. The van der Waals surface area contributed by atoms with Crippen LogP contribution < -0.4 is 5.56 Å². The van der Waals surface area contributed by atoms with Crippen molar-refractivity contribution in [2.24, 2.45) is 0 Å². The van der Waals surface area contributed by atoms with E-state index in [0.717, 1.165) is 30.5 Å². The molecule has 3 aromatic rings. The highest BCUT2D eigenvalue weighted by Gasteiger charge is 2.33. The number of carbonyl (C=O) groups excluding carboxylic acids is 1. The van der Waals surface area contributed by atoms with Crippen LogP contribution in [0.15, 0.2) is 47.3 Å². The minimum absolute atomic E-state index is 0.00515. The molecular formula is C22H20F3N3O2. The van der Waals surface area contributed by atoms with Crippen molar-refractivity contribution in [3.63, 3.8) is 0 Å². The molecule has 8 heteroatoms. The molecule has 5 nitrogen and oxygen atoms in total. The standard InChI is InChI=1S/C22H20F3N3O2/c1-13-4-6-14(7-5-13)21(30)28-10-2-3-15(12-28)17-11-18-16(20(29)27-17)8-9-19(26-18)22(23,24)25/h4-9,11,15H,2-3,10,12H2,1H3,(H,27,29). The summed E-state index contributed by atoms with van der Waals surface area (Å²) in [5.74, 6) is -0.276. The Bertz CT molecular complexity index is 1150. The van der Waals surface area contributed by atoms with E-state index < -0.39 is 17.4 Å². The van der Waals surface area contributed by atoms with Crippen molar-refractivity contribution >= 4 is 16.8 Å². The number of H-pyrrole nitrogens is 1. The van der Waals surface area contributed by atoms with Crippen LogP contribution in [0.4, 0.5) is 13.2 Å². The summed E-state index contributed by atoms with van der Waals surface area (Å²) in [7, 11) is 0. The van der Waals surface area contributed by atoms with Gasteiger partial charge in [0.05, 0.1) is 10.9 Å². The molecule has 30 heavy (non-hydrogen) atoms. The number of benzene rings is 1. The van der Waals surface area contributed by atoms with Gasteiger partial charge in [-0.1, -0.05) is 17.7 Å². The SMILES string of the molecule is Cc1ccc(C(=O)N2CCCC(c3cc4nc(C(F)(F)F)ccc4c(=O)[nH]3)C2)cc1. The van der Waals surface area contributed by atoms with Crippen molar-refractivity contribution in [2.45, 2.75) is 31.9 Å². The lowest BCUT2D eigenvalue weighted by atomic mass is 9.93. The van der Waals surface area contributed by atoms with Crippen LogP contribution in [0.1, 0.15) is 46.1 Å². The summed E-state index contributed by atoms with van der Waals surface area (Å²) in [6, 6.07) is 10.8. The molecule has 0 radical (unpaired) electrons. The van der Waals surface area contributed by atoms with Crippen molar-refractivity contribution in [3.05, 3.63) is 75.3 Å². The van der Waals surface area contributed by atoms with Crippen LogP contribution >= 0.6 is 0 Å². The number of hydrogen-bond donors (Lipinski definition) is 1. The Morgan fingerprint density at radius 3 is 2.60 bits per heavy atom. The average Bonchev–Trinajstić information content (AvgIpc) is 2.73. The molecular weight excluding hydrogens is 395 g/mol. The molecule has 0 bridgehead atoms. The number of likely N-dealkylation sites (tertiary alicyclic amines) is 1. The van der Waals surface area contributed by atoms with Gasteiger partial charge in [0.15, 0.2) is 0 Å². The van der Waals surface area contributed by atoms with E-state index in [0.29, 0.717) is 24.3 Å². The molecule has 2 aromatic heterocycles. The lowest BCUT2D eigenvalue weighted by Crippen LogP contribution is -2.39. The molecule has 1 aliphatic heterocycles. The van der Waals surface area contributed by atoms with Crippen molar-refractivity contribution in [2.75, 3.05) is 13.1 Å². The lowest BCUT2D eigenvalue weighted by Gasteiger charge is -2.33. The summed E-state index contributed by atoms with van der Waals surface area (Å²) in [4.78, 5) is 33.4. The Kier molecular flexibility index (Phi) is 5.09. The van der Waals surface area contributed by atoms with Crippen LogP contribution in [0.5, 0.6) is 0 Å². The van der Waals surface area contributed by atoms with Crippen molar-refractivity contribution in [1.82, 2.24) is 14.9 Å². The minimum atomic E-state index is -4.58. The first kappa shape index (κ1) is 20.1. The average molecular weight is 415 g/mol. The second-order valence-electron chi connectivity index (χ2n) is 7.64. The zero-order valence-electron chi connectivity index (χ0n) is 16.3. The van der Waals surface area contributed by atoms with Gasteiger partial charge in [-0.25, -0.2) is 4.98 Å². The van der Waals surface area contributed by atoms with Crippen LogP contribution in [0.3, 0.4) is 0 Å². The molecule has 0 saturated carbocycles. The highest BCUT2D eigenvalue weighted by molar-refractivity contribution is 5.94. The number of fused-ring (bicyclic) bond motifs is 1. The Morgan fingerprint density at radius 2 is 1.90 bits per heavy atom. The van der Waals surface area contributed by atoms with Crippen LogP contribution in [0.2, 0.25) is 0 Å². The van der Waals surface area contributed by atoms with Gasteiger partial charge in [-0.15, -0.1) is 0 Å². The molecule has 0 spiro atoms. The first-order chi connectivity index (χ1) is 14.2. The number of nitrogens with one attached hydrogen (secondary N) is 1. The van der Waals surface area contributed by atoms with Gasteiger partial charge in [-0.2, -0.15) is 13.2 Å². The van der Waals surface area contributed by atoms with E-state index in [9.17, 15) is 22.8 Å². The molecule has 156 valence electrons. The Hall–Kier alpha value is -3.16. The fourth-order valence-corrected chi connectivity index (χ4v) is 3.83. The first-order valence-electron chi connectivity index (χ1n) is 9.69. The molecule has 4 rings (SSSR count). The number of aromatic amines is 1. The summed E-state index contributed by atoms with van der Waals surface area (Å²) < 4.78 is 39.0. The molecule has 1 amide bonds. The van der Waals surface area contributed by atoms with Crippen LogP contribution in [-0.4, -0.2) is 33.9 Å². The van der Waals surface area contributed by atoms with E-state index >= 15 is 0 Å². The summed E-state index contributed by atoms with van der Waals surface area (Å²) in [6.07, 6.45) is -3.13. The van der Waals surface area contributed by atoms with Crippen LogP contribution in [0, 0.1) is 6.92 Å². The number of aryl methyl sites for hydroxylation is 1. The summed E-state index contributed by atoms with van der Waals surface area (Å²) in [5, 5.41) is 0.107. The smallest absolute Gasteiger partial charge is 0.338 e. The van der Waals surface area contributed by atoms with Gasteiger partial charge in [0.2, 0.25) is 0 Å². The number of piperidine rings is 1. The van der Waals surface area contributed by atoms with Crippen molar-refractivity contribution in [3.8, 4) is 0 Å². The molecule has 0 aliphatic carbocycles. The number of nitrogens with zero attached hydrogens (tertiary/aromatic N) is 2. The first-order valence-corrected chi connectivity index (χ1v) is 9.69. The third-order valence-electron chi connectivity index (χ3n) is 5.46. The maximum atomic E-state index is 13.0. The maximum Gasteiger partial charge on any atom is 0.433 e. The zero-order chi connectivity index (χ0) is 21.5. The molecule has 1 N–H and O–H groups in total. The number of hydrogen-bond acceptors (Lipinski definition) is 3. The topological polar surface area (TPSA) is 66.1 Å². The fourth-order valence-electron chi connectivity index (χ4n) is 3.83. The van der Waals surface area contributed by atoms with Crippen molar-refractivity contribution < 1.29 is 18.0 Å². The van der Waals surface area contributed by atoms with E-state index in [1.165, 1.54) is 6.07 Å². The molecule has 1 aromatic carbocycles.